The lowest BCUT2D eigenvalue weighted by Crippen LogP contribution is -2.55. The van der Waals surface area contributed by atoms with Crippen LogP contribution in [-0.2, 0) is 4.79 Å². The first-order chi connectivity index (χ1) is 13.5. The van der Waals surface area contributed by atoms with Gasteiger partial charge in [0.05, 0.1) is 0 Å². The molecule has 0 saturated heterocycles. The number of hydrogen-bond acceptors (Lipinski definition) is 6. The summed E-state index contributed by atoms with van der Waals surface area (Å²) in [5.41, 5.74) is -1.48. The zero-order valence-electron chi connectivity index (χ0n) is 15.7. The van der Waals surface area contributed by atoms with Crippen LogP contribution in [0.5, 0.6) is 17.2 Å². The van der Waals surface area contributed by atoms with Crippen molar-refractivity contribution in [3.63, 3.8) is 0 Å². The number of aliphatic hydroxyl groups is 1. The van der Waals surface area contributed by atoms with Crippen LogP contribution in [0, 0.1) is 0 Å². The summed E-state index contributed by atoms with van der Waals surface area (Å²) in [6.45, 7) is 2.17. The second-order valence-corrected chi connectivity index (χ2v) is 6.93. The number of benzene rings is 2. The third-order valence-corrected chi connectivity index (χ3v) is 4.53. The van der Waals surface area contributed by atoms with E-state index < -0.39 is 17.7 Å². The molecule has 2 aromatic rings. The average molecular weight is 387 g/mol. The Labute approximate surface area is 163 Å². The normalized spacial score (nSPS) is 20.2. The van der Waals surface area contributed by atoms with Crippen LogP contribution in [0.1, 0.15) is 13.3 Å². The third-order valence-electron chi connectivity index (χ3n) is 4.53. The van der Waals surface area contributed by atoms with Gasteiger partial charge in [0.25, 0.3) is 0 Å². The van der Waals surface area contributed by atoms with Gasteiger partial charge in [-0.25, -0.2) is 4.79 Å². The molecule has 0 aliphatic carbocycles. The van der Waals surface area contributed by atoms with Crippen LogP contribution in [0.4, 0.5) is 0 Å². The van der Waals surface area contributed by atoms with E-state index >= 15 is 0 Å². The number of aliphatic carboxylic acids is 1. The molecule has 0 amide bonds. The lowest BCUT2D eigenvalue weighted by molar-refractivity contribution is -0.162. The fourth-order valence-corrected chi connectivity index (χ4v) is 3.05. The third kappa shape index (κ3) is 4.94. The van der Waals surface area contributed by atoms with Gasteiger partial charge in [-0.2, -0.15) is 0 Å². The highest BCUT2D eigenvalue weighted by Gasteiger charge is 2.46. The van der Waals surface area contributed by atoms with E-state index in [0.717, 1.165) is 0 Å². The van der Waals surface area contributed by atoms with E-state index in [1.54, 1.807) is 24.3 Å². The first-order valence-corrected chi connectivity index (χ1v) is 9.22. The largest absolute Gasteiger partial charge is 0.491 e. The fraction of sp³-hybridized carbons (Fsp3) is 0.381. The Bertz CT molecular complexity index is 783. The van der Waals surface area contributed by atoms with Gasteiger partial charge < -0.3 is 29.7 Å². The summed E-state index contributed by atoms with van der Waals surface area (Å²) in [4.78, 5) is 11.9. The SMILES string of the molecule is C[C@H](C[C@]1(C(=O)O)COc2ccccc2O1)NC[C@H](O)COc1ccccc1. The van der Waals surface area contributed by atoms with Crippen LogP contribution in [0.3, 0.4) is 0 Å². The summed E-state index contributed by atoms with van der Waals surface area (Å²) < 4.78 is 16.9. The topological polar surface area (TPSA) is 97.3 Å². The number of fused-ring (bicyclic) bond motifs is 1. The van der Waals surface area contributed by atoms with Crippen LogP contribution >= 0.6 is 0 Å². The molecule has 2 aromatic carbocycles. The van der Waals surface area contributed by atoms with Crippen molar-refractivity contribution in [3.05, 3.63) is 54.6 Å². The molecule has 0 unspecified atom stereocenters. The van der Waals surface area contributed by atoms with Crippen molar-refractivity contribution >= 4 is 5.97 Å². The Morgan fingerprint density at radius 2 is 1.86 bits per heavy atom. The van der Waals surface area contributed by atoms with Crippen LogP contribution in [0.2, 0.25) is 0 Å². The Balaban J connectivity index is 1.51. The molecule has 0 fully saturated rings. The number of carboxylic acid groups (broad SMARTS) is 1. The smallest absolute Gasteiger partial charge is 0.351 e. The van der Waals surface area contributed by atoms with Gasteiger partial charge in [-0.3, -0.25) is 0 Å². The maximum Gasteiger partial charge on any atom is 0.351 e. The maximum absolute atomic E-state index is 11.9. The van der Waals surface area contributed by atoms with Crippen LogP contribution in [0.15, 0.2) is 54.6 Å². The van der Waals surface area contributed by atoms with E-state index in [2.05, 4.69) is 5.32 Å². The lowest BCUT2D eigenvalue weighted by atomic mass is 9.94. The first-order valence-electron chi connectivity index (χ1n) is 9.22. The van der Waals surface area contributed by atoms with Crippen LogP contribution in [-0.4, -0.2) is 53.7 Å². The molecule has 3 atom stereocenters. The molecule has 3 N–H and O–H groups in total. The van der Waals surface area contributed by atoms with Gasteiger partial charge in [-0.05, 0) is 31.2 Å². The Hall–Kier alpha value is -2.77. The van der Waals surface area contributed by atoms with E-state index in [1.807, 2.05) is 37.3 Å². The average Bonchev–Trinajstić information content (AvgIpc) is 2.71. The summed E-state index contributed by atoms with van der Waals surface area (Å²) in [5, 5.41) is 23.0. The molecule has 1 aliphatic heterocycles. The summed E-state index contributed by atoms with van der Waals surface area (Å²) in [5.74, 6) is 0.558. The molecular weight excluding hydrogens is 362 g/mol. The molecule has 0 aromatic heterocycles. The van der Waals surface area contributed by atoms with E-state index in [4.69, 9.17) is 14.2 Å². The number of hydrogen-bond donors (Lipinski definition) is 3. The highest BCUT2D eigenvalue weighted by Crippen LogP contribution is 2.36. The molecule has 150 valence electrons. The summed E-state index contributed by atoms with van der Waals surface area (Å²) in [6.07, 6.45) is -0.546. The minimum atomic E-state index is -1.48. The number of nitrogens with one attached hydrogen (secondary N) is 1. The summed E-state index contributed by atoms with van der Waals surface area (Å²) >= 11 is 0. The summed E-state index contributed by atoms with van der Waals surface area (Å²) in [7, 11) is 0. The Morgan fingerprint density at radius 3 is 2.57 bits per heavy atom. The van der Waals surface area contributed by atoms with Gasteiger partial charge >= 0.3 is 5.97 Å². The number of para-hydroxylation sites is 3. The molecule has 0 saturated carbocycles. The number of ether oxygens (including phenoxy) is 3. The summed E-state index contributed by atoms with van der Waals surface area (Å²) in [6, 6.07) is 16.0. The lowest BCUT2D eigenvalue weighted by Gasteiger charge is -2.36. The molecule has 1 aliphatic rings. The van der Waals surface area contributed by atoms with Crippen molar-refractivity contribution in [2.75, 3.05) is 19.8 Å². The minimum absolute atomic E-state index is 0.0783. The van der Waals surface area contributed by atoms with E-state index in [-0.39, 0.29) is 32.2 Å². The van der Waals surface area contributed by atoms with Crippen molar-refractivity contribution in [1.29, 1.82) is 0 Å². The van der Waals surface area contributed by atoms with Gasteiger partial charge in [-0.1, -0.05) is 30.3 Å². The molecule has 0 radical (unpaired) electrons. The van der Waals surface area contributed by atoms with E-state index in [9.17, 15) is 15.0 Å². The standard InChI is InChI=1S/C21H25NO6/c1-15(22-12-16(23)13-26-17-7-3-2-4-8-17)11-21(20(24)25)14-27-18-9-5-6-10-19(18)28-21/h2-10,15-16,22-23H,11-14H2,1H3,(H,24,25)/t15-,16+,21-/m1/s1. The zero-order valence-corrected chi connectivity index (χ0v) is 15.7. The van der Waals surface area contributed by atoms with E-state index in [0.29, 0.717) is 17.2 Å². The molecule has 0 spiro atoms. The van der Waals surface area contributed by atoms with Crippen molar-refractivity contribution in [2.24, 2.45) is 0 Å². The molecule has 3 rings (SSSR count). The Morgan fingerprint density at radius 1 is 1.18 bits per heavy atom. The van der Waals surface area contributed by atoms with Crippen molar-refractivity contribution < 1.29 is 29.2 Å². The molecule has 7 nitrogen and oxygen atoms in total. The number of carboxylic acids is 1. The molecular formula is C21H25NO6. The molecule has 1 heterocycles. The van der Waals surface area contributed by atoms with Crippen molar-refractivity contribution in [2.45, 2.75) is 31.1 Å². The van der Waals surface area contributed by atoms with Gasteiger partial charge in [0.2, 0.25) is 5.60 Å². The number of aliphatic hydroxyl groups excluding tert-OH is 1. The second kappa shape index (κ2) is 8.95. The predicted molar refractivity (Wildman–Crippen MR) is 103 cm³/mol. The van der Waals surface area contributed by atoms with Gasteiger partial charge in [-0.15, -0.1) is 0 Å². The van der Waals surface area contributed by atoms with Crippen LogP contribution < -0.4 is 19.5 Å². The quantitative estimate of drug-likeness (QED) is 0.606. The molecule has 28 heavy (non-hydrogen) atoms. The monoisotopic (exact) mass is 387 g/mol. The number of carbonyl (C=O) groups is 1. The maximum atomic E-state index is 11.9. The van der Waals surface area contributed by atoms with Gasteiger partial charge in [0.1, 0.15) is 25.1 Å². The van der Waals surface area contributed by atoms with E-state index in [1.165, 1.54) is 0 Å². The minimum Gasteiger partial charge on any atom is -0.491 e. The van der Waals surface area contributed by atoms with Crippen molar-refractivity contribution in [3.8, 4) is 17.2 Å². The second-order valence-electron chi connectivity index (χ2n) is 6.93. The van der Waals surface area contributed by atoms with Crippen LogP contribution in [0.25, 0.3) is 0 Å². The highest BCUT2D eigenvalue weighted by atomic mass is 16.6. The molecule has 7 heteroatoms. The fourth-order valence-electron chi connectivity index (χ4n) is 3.05. The predicted octanol–water partition coefficient (Wildman–Crippen LogP) is 2.09. The highest BCUT2D eigenvalue weighted by molar-refractivity contribution is 5.79. The van der Waals surface area contributed by atoms with Gasteiger partial charge in [0.15, 0.2) is 11.5 Å². The van der Waals surface area contributed by atoms with Gasteiger partial charge in [0, 0.05) is 19.0 Å². The zero-order chi connectivity index (χ0) is 20.0. The number of rotatable bonds is 9. The molecule has 0 bridgehead atoms. The first kappa shape index (κ1) is 20.0. The van der Waals surface area contributed by atoms with Crippen molar-refractivity contribution in [1.82, 2.24) is 5.32 Å². The Kier molecular flexibility index (Phi) is 6.38.